The Morgan fingerprint density at radius 2 is 1.78 bits per heavy atom. The fraction of sp³-hybridized carbons (Fsp3) is 0.909. The van der Waals surface area contributed by atoms with Crippen LogP contribution in [0.15, 0.2) is 0 Å². The number of methoxy groups -OCH3 is 1. The SMILES string of the molecule is COC(=O)C(C)N1CCN(S(=O)(=O)C2CC2)CC1. The molecule has 0 aromatic carbocycles. The minimum atomic E-state index is -3.07. The molecule has 1 aliphatic carbocycles. The molecule has 0 radical (unpaired) electrons. The Hall–Kier alpha value is -0.660. The molecule has 0 bridgehead atoms. The maximum Gasteiger partial charge on any atom is 0.322 e. The zero-order chi connectivity index (χ0) is 13.3. The van der Waals surface area contributed by atoms with E-state index in [1.807, 2.05) is 4.90 Å². The lowest BCUT2D eigenvalue weighted by molar-refractivity contribution is -0.146. The number of esters is 1. The van der Waals surface area contributed by atoms with Gasteiger partial charge >= 0.3 is 5.97 Å². The second-order valence-electron chi connectivity index (χ2n) is 4.88. The Balaban J connectivity index is 1.90. The third kappa shape index (κ3) is 2.67. The van der Waals surface area contributed by atoms with Crippen LogP contribution in [0.5, 0.6) is 0 Å². The standard InChI is InChI=1S/C11H20N2O4S/c1-9(11(14)17-2)12-5-7-13(8-6-12)18(15,16)10-3-4-10/h9-10H,3-8H2,1-2H3. The summed E-state index contributed by atoms with van der Waals surface area (Å²) in [6.07, 6.45) is 1.59. The maximum atomic E-state index is 12.0. The minimum Gasteiger partial charge on any atom is -0.468 e. The van der Waals surface area contributed by atoms with E-state index >= 15 is 0 Å². The van der Waals surface area contributed by atoms with E-state index in [0.717, 1.165) is 12.8 Å². The first-order valence-corrected chi connectivity index (χ1v) is 7.78. The van der Waals surface area contributed by atoms with Crippen molar-refractivity contribution < 1.29 is 17.9 Å². The zero-order valence-corrected chi connectivity index (χ0v) is 11.6. The van der Waals surface area contributed by atoms with Crippen LogP contribution >= 0.6 is 0 Å². The van der Waals surface area contributed by atoms with Crippen molar-refractivity contribution >= 4 is 16.0 Å². The Morgan fingerprint density at radius 1 is 1.22 bits per heavy atom. The van der Waals surface area contributed by atoms with E-state index in [2.05, 4.69) is 0 Å². The van der Waals surface area contributed by atoms with E-state index < -0.39 is 10.0 Å². The Morgan fingerprint density at radius 3 is 2.22 bits per heavy atom. The van der Waals surface area contributed by atoms with Gasteiger partial charge in [-0.3, -0.25) is 9.69 Å². The molecule has 18 heavy (non-hydrogen) atoms. The molecule has 104 valence electrons. The van der Waals surface area contributed by atoms with Gasteiger partial charge in [-0.25, -0.2) is 8.42 Å². The second kappa shape index (κ2) is 5.14. The lowest BCUT2D eigenvalue weighted by Crippen LogP contribution is -2.53. The van der Waals surface area contributed by atoms with E-state index in [1.165, 1.54) is 7.11 Å². The smallest absolute Gasteiger partial charge is 0.322 e. The number of carbonyl (C=O) groups excluding carboxylic acids is 1. The summed E-state index contributed by atoms with van der Waals surface area (Å²) in [7, 11) is -1.71. The van der Waals surface area contributed by atoms with Gasteiger partial charge in [0, 0.05) is 26.2 Å². The Kier molecular flexibility index (Phi) is 3.93. The van der Waals surface area contributed by atoms with E-state index in [-0.39, 0.29) is 17.3 Å². The van der Waals surface area contributed by atoms with Gasteiger partial charge < -0.3 is 4.74 Å². The molecule has 1 saturated carbocycles. The molecule has 0 N–H and O–H groups in total. The van der Waals surface area contributed by atoms with E-state index in [0.29, 0.717) is 26.2 Å². The van der Waals surface area contributed by atoms with Crippen LogP contribution in [0.25, 0.3) is 0 Å². The Bertz CT molecular complexity index is 411. The number of carbonyl (C=O) groups is 1. The van der Waals surface area contributed by atoms with E-state index in [1.54, 1.807) is 11.2 Å². The van der Waals surface area contributed by atoms with Gasteiger partial charge in [-0.1, -0.05) is 0 Å². The molecule has 1 saturated heterocycles. The summed E-state index contributed by atoms with van der Waals surface area (Å²) in [5.41, 5.74) is 0. The lowest BCUT2D eigenvalue weighted by Gasteiger charge is -2.36. The molecular weight excluding hydrogens is 256 g/mol. The molecule has 1 heterocycles. The van der Waals surface area contributed by atoms with Crippen molar-refractivity contribution in [2.45, 2.75) is 31.1 Å². The molecule has 0 spiro atoms. The van der Waals surface area contributed by atoms with Crippen LogP contribution in [0.3, 0.4) is 0 Å². The van der Waals surface area contributed by atoms with Gasteiger partial charge in [-0.15, -0.1) is 0 Å². The lowest BCUT2D eigenvalue weighted by atomic mass is 10.2. The summed E-state index contributed by atoms with van der Waals surface area (Å²) in [6.45, 7) is 3.90. The predicted molar refractivity (Wildman–Crippen MR) is 66.6 cm³/mol. The average molecular weight is 276 g/mol. The summed E-state index contributed by atoms with van der Waals surface area (Å²) in [6, 6.07) is -0.305. The van der Waals surface area contributed by atoms with Crippen molar-refractivity contribution in [2.75, 3.05) is 33.3 Å². The topological polar surface area (TPSA) is 66.9 Å². The van der Waals surface area contributed by atoms with Crippen molar-refractivity contribution in [3.8, 4) is 0 Å². The van der Waals surface area contributed by atoms with E-state index in [4.69, 9.17) is 4.74 Å². The summed E-state index contributed by atoms with van der Waals surface area (Å²) in [5.74, 6) is -0.270. The van der Waals surface area contributed by atoms with Crippen LogP contribution in [0.2, 0.25) is 0 Å². The van der Waals surface area contributed by atoms with Gasteiger partial charge in [0.1, 0.15) is 6.04 Å². The van der Waals surface area contributed by atoms with Crippen LogP contribution in [0, 0.1) is 0 Å². The van der Waals surface area contributed by atoms with Crippen molar-refractivity contribution in [3.05, 3.63) is 0 Å². The van der Waals surface area contributed by atoms with E-state index in [9.17, 15) is 13.2 Å². The summed E-state index contributed by atoms with van der Waals surface area (Å²) in [5, 5.41) is -0.151. The van der Waals surface area contributed by atoms with Gasteiger partial charge in [0.25, 0.3) is 0 Å². The highest BCUT2D eigenvalue weighted by Crippen LogP contribution is 2.31. The third-order valence-corrected chi connectivity index (χ3v) is 6.07. The number of nitrogens with zero attached hydrogens (tertiary/aromatic N) is 2. The summed E-state index contributed by atoms with van der Waals surface area (Å²) < 4.78 is 30.3. The van der Waals surface area contributed by atoms with Crippen molar-refractivity contribution in [1.29, 1.82) is 0 Å². The first-order chi connectivity index (χ1) is 8.46. The molecule has 1 aliphatic heterocycles. The first kappa shape index (κ1) is 13.8. The Labute approximate surface area is 108 Å². The normalized spacial score (nSPS) is 24.8. The van der Waals surface area contributed by atoms with Crippen LogP contribution in [0.4, 0.5) is 0 Å². The number of hydrogen-bond acceptors (Lipinski definition) is 5. The summed E-state index contributed by atoms with van der Waals surface area (Å²) >= 11 is 0. The highest BCUT2D eigenvalue weighted by Gasteiger charge is 2.41. The molecule has 2 rings (SSSR count). The largest absolute Gasteiger partial charge is 0.468 e. The van der Waals surface area contributed by atoms with Gasteiger partial charge in [0.05, 0.1) is 12.4 Å². The van der Waals surface area contributed by atoms with Crippen LogP contribution < -0.4 is 0 Å². The fourth-order valence-corrected chi connectivity index (χ4v) is 4.07. The van der Waals surface area contributed by atoms with Crippen molar-refractivity contribution in [1.82, 2.24) is 9.21 Å². The van der Waals surface area contributed by atoms with Crippen molar-refractivity contribution in [2.24, 2.45) is 0 Å². The van der Waals surface area contributed by atoms with Crippen LogP contribution in [0.1, 0.15) is 19.8 Å². The zero-order valence-electron chi connectivity index (χ0n) is 10.8. The molecule has 6 nitrogen and oxygen atoms in total. The minimum absolute atomic E-state index is 0.151. The molecule has 7 heteroatoms. The van der Waals surface area contributed by atoms with Gasteiger partial charge in [-0.2, -0.15) is 4.31 Å². The average Bonchev–Trinajstić information content (AvgIpc) is 3.21. The number of piperazine rings is 1. The second-order valence-corrected chi connectivity index (χ2v) is 7.09. The molecular formula is C11H20N2O4S. The van der Waals surface area contributed by atoms with Gasteiger partial charge in [0.2, 0.25) is 10.0 Å². The van der Waals surface area contributed by atoms with Gasteiger partial charge in [0.15, 0.2) is 0 Å². The molecule has 0 aromatic heterocycles. The monoisotopic (exact) mass is 276 g/mol. The highest BCUT2D eigenvalue weighted by molar-refractivity contribution is 7.90. The highest BCUT2D eigenvalue weighted by atomic mass is 32.2. The van der Waals surface area contributed by atoms with Crippen LogP contribution in [-0.2, 0) is 19.6 Å². The number of ether oxygens (including phenoxy) is 1. The van der Waals surface area contributed by atoms with Gasteiger partial charge in [-0.05, 0) is 19.8 Å². The molecule has 1 unspecified atom stereocenters. The third-order valence-electron chi connectivity index (χ3n) is 3.67. The quantitative estimate of drug-likeness (QED) is 0.657. The molecule has 1 atom stereocenters. The summed E-state index contributed by atoms with van der Waals surface area (Å²) in [4.78, 5) is 13.4. The molecule has 0 aromatic rings. The number of hydrogen-bond donors (Lipinski definition) is 0. The predicted octanol–water partition coefficient (Wildman–Crippen LogP) is -0.342. The molecule has 2 fully saturated rings. The first-order valence-electron chi connectivity index (χ1n) is 6.27. The number of rotatable bonds is 4. The molecule has 2 aliphatic rings. The van der Waals surface area contributed by atoms with Crippen LogP contribution in [-0.4, -0.2) is 68.2 Å². The molecule has 0 amide bonds. The maximum absolute atomic E-state index is 12.0. The van der Waals surface area contributed by atoms with Crippen molar-refractivity contribution in [3.63, 3.8) is 0 Å². The number of sulfonamides is 1. The fourth-order valence-electron chi connectivity index (χ4n) is 2.24.